The first kappa shape index (κ1) is 9.91. The summed E-state index contributed by atoms with van der Waals surface area (Å²) in [5.74, 6) is 0.561. The van der Waals surface area contributed by atoms with Crippen LogP contribution in [0, 0.1) is 12.8 Å². The summed E-state index contributed by atoms with van der Waals surface area (Å²) in [6.07, 6.45) is 1.87. The standard InChI is InChI=1S/C12H13BrO/c1-3-8-5-9-6-10(13)4-7(2)11(9)12(8)14/h4,6,8H,3,5H2,1-2H3. The van der Waals surface area contributed by atoms with Crippen LogP contribution in [0.5, 0.6) is 0 Å². The Morgan fingerprint density at radius 3 is 2.86 bits per heavy atom. The maximum Gasteiger partial charge on any atom is 0.166 e. The van der Waals surface area contributed by atoms with Gasteiger partial charge in [0, 0.05) is 16.0 Å². The molecule has 0 aromatic heterocycles. The van der Waals surface area contributed by atoms with Crippen LogP contribution >= 0.6 is 15.9 Å². The first-order valence-corrected chi connectivity index (χ1v) is 5.76. The summed E-state index contributed by atoms with van der Waals surface area (Å²) in [4.78, 5) is 11.9. The third kappa shape index (κ3) is 1.42. The molecular weight excluding hydrogens is 240 g/mol. The van der Waals surface area contributed by atoms with Crippen molar-refractivity contribution in [3.63, 3.8) is 0 Å². The number of halogens is 1. The lowest BCUT2D eigenvalue weighted by molar-refractivity contribution is 0.0933. The van der Waals surface area contributed by atoms with E-state index < -0.39 is 0 Å². The molecular formula is C12H13BrO. The van der Waals surface area contributed by atoms with Gasteiger partial charge in [-0.3, -0.25) is 4.79 Å². The van der Waals surface area contributed by atoms with E-state index in [1.54, 1.807) is 0 Å². The van der Waals surface area contributed by atoms with Crippen molar-refractivity contribution in [3.8, 4) is 0 Å². The number of fused-ring (bicyclic) bond motifs is 1. The van der Waals surface area contributed by atoms with Crippen LogP contribution in [0.25, 0.3) is 0 Å². The van der Waals surface area contributed by atoms with Crippen LogP contribution in [0.3, 0.4) is 0 Å². The molecule has 1 atom stereocenters. The van der Waals surface area contributed by atoms with Crippen molar-refractivity contribution in [2.75, 3.05) is 0 Å². The minimum Gasteiger partial charge on any atom is -0.294 e. The Bertz CT molecular complexity index is 396. The number of Topliss-reactive ketones (excluding diaryl/α,β-unsaturated/α-hetero) is 1. The highest BCUT2D eigenvalue weighted by atomic mass is 79.9. The fourth-order valence-corrected chi connectivity index (χ4v) is 2.84. The van der Waals surface area contributed by atoms with Crippen molar-refractivity contribution in [3.05, 3.63) is 33.3 Å². The molecule has 0 fully saturated rings. The van der Waals surface area contributed by atoms with Crippen molar-refractivity contribution < 1.29 is 4.79 Å². The first-order valence-electron chi connectivity index (χ1n) is 4.96. The molecule has 1 aromatic rings. The number of hydrogen-bond acceptors (Lipinski definition) is 1. The maximum atomic E-state index is 11.9. The zero-order chi connectivity index (χ0) is 10.3. The van der Waals surface area contributed by atoms with E-state index in [9.17, 15) is 4.79 Å². The Morgan fingerprint density at radius 1 is 1.50 bits per heavy atom. The number of benzene rings is 1. The normalized spacial score (nSPS) is 19.9. The van der Waals surface area contributed by atoms with Crippen molar-refractivity contribution >= 4 is 21.7 Å². The molecule has 0 saturated heterocycles. The van der Waals surface area contributed by atoms with E-state index in [-0.39, 0.29) is 5.92 Å². The number of ketones is 1. The molecule has 1 nitrogen and oxygen atoms in total. The summed E-state index contributed by atoms with van der Waals surface area (Å²) in [7, 11) is 0. The molecule has 1 unspecified atom stereocenters. The predicted molar refractivity (Wildman–Crippen MR) is 60.7 cm³/mol. The summed E-state index contributed by atoms with van der Waals surface area (Å²) in [6.45, 7) is 4.10. The zero-order valence-corrected chi connectivity index (χ0v) is 10.0. The van der Waals surface area contributed by atoms with Crippen LogP contribution in [0.2, 0.25) is 0 Å². The smallest absolute Gasteiger partial charge is 0.166 e. The van der Waals surface area contributed by atoms with Crippen LogP contribution in [-0.4, -0.2) is 5.78 Å². The van der Waals surface area contributed by atoms with Crippen LogP contribution < -0.4 is 0 Å². The molecule has 1 aromatic carbocycles. The monoisotopic (exact) mass is 252 g/mol. The quantitative estimate of drug-likeness (QED) is 0.748. The first-order chi connectivity index (χ1) is 6.63. The molecule has 0 saturated carbocycles. The Labute approximate surface area is 92.6 Å². The van der Waals surface area contributed by atoms with Crippen molar-refractivity contribution in [1.82, 2.24) is 0 Å². The van der Waals surface area contributed by atoms with Gasteiger partial charge in [-0.2, -0.15) is 0 Å². The summed E-state index contributed by atoms with van der Waals surface area (Å²) in [5, 5.41) is 0. The van der Waals surface area contributed by atoms with E-state index in [4.69, 9.17) is 0 Å². The largest absolute Gasteiger partial charge is 0.294 e. The molecule has 0 bridgehead atoms. The molecule has 0 amide bonds. The van der Waals surface area contributed by atoms with Crippen LogP contribution in [-0.2, 0) is 6.42 Å². The van der Waals surface area contributed by atoms with Gasteiger partial charge >= 0.3 is 0 Å². The molecule has 0 N–H and O–H groups in total. The van der Waals surface area contributed by atoms with Crippen LogP contribution in [0.15, 0.2) is 16.6 Å². The average Bonchev–Trinajstić information content (AvgIpc) is 2.42. The van der Waals surface area contributed by atoms with Crippen LogP contribution in [0.4, 0.5) is 0 Å². The van der Waals surface area contributed by atoms with E-state index in [0.29, 0.717) is 5.78 Å². The second kappa shape index (κ2) is 3.50. The Kier molecular flexibility index (Phi) is 2.48. The lowest BCUT2D eigenvalue weighted by Gasteiger charge is -2.03. The van der Waals surface area contributed by atoms with Gasteiger partial charge in [0.25, 0.3) is 0 Å². The van der Waals surface area contributed by atoms with Gasteiger partial charge in [-0.05, 0) is 43.0 Å². The highest BCUT2D eigenvalue weighted by Gasteiger charge is 2.30. The molecule has 0 radical (unpaired) electrons. The minimum atomic E-state index is 0.220. The van der Waals surface area contributed by atoms with Gasteiger partial charge in [0.15, 0.2) is 5.78 Å². The van der Waals surface area contributed by atoms with E-state index in [2.05, 4.69) is 28.9 Å². The lowest BCUT2D eigenvalue weighted by Crippen LogP contribution is -2.07. The molecule has 1 aliphatic carbocycles. The van der Waals surface area contributed by atoms with Crippen LogP contribution in [0.1, 0.15) is 34.8 Å². The second-order valence-electron chi connectivity index (χ2n) is 3.93. The molecule has 74 valence electrons. The second-order valence-corrected chi connectivity index (χ2v) is 4.85. The highest BCUT2D eigenvalue weighted by Crippen LogP contribution is 2.33. The van der Waals surface area contributed by atoms with Gasteiger partial charge in [0.05, 0.1) is 0 Å². The molecule has 0 heterocycles. The third-order valence-corrected chi connectivity index (χ3v) is 3.42. The van der Waals surface area contributed by atoms with Crippen molar-refractivity contribution in [1.29, 1.82) is 0 Å². The van der Waals surface area contributed by atoms with Gasteiger partial charge < -0.3 is 0 Å². The average molecular weight is 253 g/mol. The maximum absolute atomic E-state index is 11.9. The molecule has 2 heteroatoms. The highest BCUT2D eigenvalue weighted by molar-refractivity contribution is 9.10. The van der Waals surface area contributed by atoms with Crippen molar-refractivity contribution in [2.45, 2.75) is 26.7 Å². The fraction of sp³-hybridized carbons (Fsp3) is 0.417. The molecule has 2 rings (SSSR count). The number of rotatable bonds is 1. The summed E-state index contributed by atoms with van der Waals surface area (Å²) < 4.78 is 1.08. The summed E-state index contributed by atoms with van der Waals surface area (Å²) in [6, 6.07) is 4.10. The lowest BCUT2D eigenvalue weighted by atomic mass is 10.0. The van der Waals surface area contributed by atoms with Gasteiger partial charge in [0.1, 0.15) is 0 Å². The van der Waals surface area contributed by atoms with Gasteiger partial charge in [-0.15, -0.1) is 0 Å². The van der Waals surface area contributed by atoms with Gasteiger partial charge in [-0.1, -0.05) is 22.9 Å². The van der Waals surface area contributed by atoms with Gasteiger partial charge in [-0.25, -0.2) is 0 Å². The molecule has 1 aliphatic rings. The SMILES string of the molecule is CCC1Cc2cc(Br)cc(C)c2C1=O. The topological polar surface area (TPSA) is 17.1 Å². The van der Waals surface area contributed by atoms with E-state index in [0.717, 1.165) is 28.4 Å². The number of carbonyl (C=O) groups excluding carboxylic acids is 1. The predicted octanol–water partition coefficient (Wildman–Crippen LogP) is 3.52. The van der Waals surface area contributed by atoms with E-state index in [1.807, 2.05) is 13.0 Å². The van der Waals surface area contributed by atoms with Crippen molar-refractivity contribution in [2.24, 2.45) is 5.92 Å². The molecule has 0 spiro atoms. The fourth-order valence-electron chi connectivity index (χ4n) is 2.22. The van der Waals surface area contributed by atoms with E-state index >= 15 is 0 Å². The van der Waals surface area contributed by atoms with Gasteiger partial charge in [0.2, 0.25) is 0 Å². The number of carbonyl (C=O) groups is 1. The Hall–Kier alpha value is -0.630. The zero-order valence-electron chi connectivity index (χ0n) is 8.43. The summed E-state index contributed by atoms with van der Waals surface area (Å²) >= 11 is 3.47. The number of hydrogen-bond donors (Lipinski definition) is 0. The third-order valence-electron chi connectivity index (χ3n) is 2.96. The Balaban J connectivity index is 2.54. The summed E-state index contributed by atoms with van der Waals surface area (Å²) in [5.41, 5.74) is 3.30. The van der Waals surface area contributed by atoms with E-state index in [1.165, 1.54) is 5.56 Å². The number of aryl methyl sites for hydroxylation is 1. The molecule has 14 heavy (non-hydrogen) atoms. The Morgan fingerprint density at radius 2 is 2.21 bits per heavy atom. The molecule has 0 aliphatic heterocycles. The minimum absolute atomic E-state index is 0.220.